The maximum Gasteiger partial charge on any atom is 2.00 e. The molecule has 0 aromatic heterocycles. The van der Waals surface area contributed by atoms with E-state index >= 15 is 0 Å². The second-order valence-electron chi connectivity index (χ2n) is 0.816. The Hall–Kier alpha value is 3.97. The second-order valence-corrected chi connectivity index (χ2v) is 4.24. The van der Waals surface area contributed by atoms with Crippen molar-refractivity contribution < 1.29 is 198 Å². The molecule has 0 saturated heterocycles. The molecular weight excluding hydrogens is 616 g/mol. The van der Waals surface area contributed by atoms with Crippen LogP contribution in [-0.2, 0) is 54.3 Å². The average Bonchev–Trinajstić information content (AvgIpc) is 1.12. The van der Waals surface area contributed by atoms with Crippen molar-refractivity contribution in [1.82, 2.24) is 0 Å². The molecule has 0 spiro atoms. The fourth-order valence-electron chi connectivity index (χ4n) is 0. The fourth-order valence-corrected chi connectivity index (χ4v) is 0. The zero-order chi connectivity index (χ0) is 9.00. The predicted molar refractivity (Wildman–Crippen MR) is 41.0 cm³/mol. The third-order valence-electron chi connectivity index (χ3n) is 0. The van der Waals surface area contributed by atoms with E-state index in [2.05, 4.69) is 0 Å². The van der Waals surface area contributed by atoms with Gasteiger partial charge in [0.15, 0.2) is 0 Å². The van der Waals surface area contributed by atoms with Crippen molar-refractivity contribution in [3.8, 4) is 0 Å². The van der Waals surface area contributed by atoms with E-state index < -0.39 is 26.7 Å². The normalized spacial score (nSPS) is 6.11. The topological polar surface area (TPSA) is 356 Å². The molecule has 121 valence electrons. The molecule has 0 heterocycles. The first-order chi connectivity index (χ1) is 4.00. The molecule has 16 N–H and O–H groups in total. The van der Waals surface area contributed by atoms with E-state index in [-0.39, 0.29) is 166 Å². The molecular formula is H16CuO14Rb2Se2+4. The third-order valence-corrected chi connectivity index (χ3v) is 0. The minimum Gasteiger partial charge on any atom is -0.457 e. The van der Waals surface area contributed by atoms with Gasteiger partial charge in [-0.1, -0.05) is 0 Å². The summed E-state index contributed by atoms with van der Waals surface area (Å²) < 4.78 is 68.8. The summed E-state index contributed by atoms with van der Waals surface area (Å²) in [7, 11) is 0. The van der Waals surface area contributed by atoms with E-state index in [1.165, 1.54) is 0 Å². The molecule has 0 fully saturated rings. The largest absolute Gasteiger partial charge is 2.00 e. The van der Waals surface area contributed by atoms with Crippen LogP contribution in [0.3, 0.4) is 0 Å². The molecule has 1 radical (unpaired) electrons. The predicted octanol–water partition coefficient (Wildman–Crippen LogP) is -17.3. The van der Waals surface area contributed by atoms with Crippen LogP contribution >= 0.6 is 0 Å². The Morgan fingerprint density at radius 2 is 0.526 bits per heavy atom. The quantitative estimate of drug-likeness (QED) is 0.182. The Morgan fingerprint density at radius 1 is 0.526 bits per heavy atom. The molecule has 0 rings (SSSR count). The van der Waals surface area contributed by atoms with Crippen molar-refractivity contribution >= 4 is 26.7 Å². The average molecular weight is 633 g/mol. The van der Waals surface area contributed by atoms with Gasteiger partial charge in [0.25, 0.3) is 0 Å². The van der Waals surface area contributed by atoms with Crippen LogP contribution in [0, 0.1) is 0 Å². The van der Waals surface area contributed by atoms with Gasteiger partial charge in [0, 0.05) is 0 Å². The van der Waals surface area contributed by atoms with Crippen molar-refractivity contribution in [2.45, 2.75) is 0 Å². The molecule has 14 nitrogen and oxygen atoms in total. The van der Waals surface area contributed by atoms with Gasteiger partial charge in [0.05, 0.1) is 0 Å². The molecule has 0 bridgehead atoms. The van der Waals surface area contributed by atoms with Crippen LogP contribution in [-0.4, -0.2) is 37.7 Å². The molecule has 0 saturated carbocycles. The first kappa shape index (κ1) is 77.4. The molecule has 0 aliphatic carbocycles. The van der Waals surface area contributed by atoms with Gasteiger partial charge in [0.2, 0.25) is 0 Å². The molecule has 0 amide bonds. The molecule has 0 aliphatic heterocycles. The number of rotatable bonds is 0. The maximum atomic E-state index is 8.59. The molecule has 0 aromatic rings. The van der Waals surface area contributed by atoms with Crippen LogP contribution in [0.25, 0.3) is 0 Å². The van der Waals surface area contributed by atoms with Gasteiger partial charge < -0.3 is 32.9 Å². The van der Waals surface area contributed by atoms with Crippen LogP contribution in [0.4, 0.5) is 0 Å². The van der Waals surface area contributed by atoms with E-state index in [0.717, 1.165) is 0 Å². The summed E-state index contributed by atoms with van der Waals surface area (Å²) in [6.07, 6.45) is 0. The minimum absolute atomic E-state index is 0. The van der Waals surface area contributed by atoms with Crippen LogP contribution in [0.2, 0.25) is 0 Å². The SMILES string of the molecule is O.O.O=[Se](=O)([O-])[O-].O=[Se](=O)([O-])[O-].[Cu+2].[OH3+].[OH3+].[OH3+].[OH3+].[Rb+].[Rb+]. The van der Waals surface area contributed by atoms with Gasteiger partial charge in [-0.05, 0) is 0 Å². The molecule has 0 aliphatic rings. The van der Waals surface area contributed by atoms with E-state index in [1.807, 2.05) is 0 Å². The van der Waals surface area contributed by atoms with Crippen molar-refractivity contribution in [1.29, 1.82) is 0 Å². The molecule has 0 unspecified atom stereocenters. The van der Waals surface area contributed by atoms with Gasteiger partial charge >= 0.3 is 192 Å². The first-order valence-corrected chi connectivity index (χ1v) is 6.93. The molecule has 19 heteroatoms. The van der Waals surface area contributed by atoms with Gasteiger partial charge in [0.1, 0.15) is 0 Å². The summed E-state index contributed by atoms with van der Waals surface area (Å²) in [6.45, 7) is 0. The van der Waals surface area contributed by atoms with Crippen LogP contribution < -0.4 is 133 Å². The van der Waals surface area contributed by atoms with Gasteiger partial charge in [-0.15, -0.1) is 0 Å². The number of hydrogen-bond acceptors (Lipinski definition) is 8. The monoisotopic (exact) mass is 633 g/mol. The van der Waals surface area contributed by atoms with Crippen molar-refractivity contribution in [3.63, 3.8) is 0 Å². The van der Waals surface area contributed by atoms with Crippen LogP contribution in [0.15, 0.2) is 0 Å². The summed E-state index contributed by atoms with van der Waals surface area (Å²) >= 11 is -11.5. The van der Waals surface area contributed by atoms with E-state index in [4.69, 9.17) is 32.1 Å². The Bertz CT molecular complexity index is 220. The van der Waals surface area contributed by atoms with Gasteiger partial charge in [-0.3, -0.25) is 0 Å². The molecule has 0 atom stereocenters. The van der Waals surface area contributed by atoms with E-state index in [0.29, 0.717) is 0 Å². The molecule has 19 heavy (non-hydrogen) atoms. The third kappa shape index (κ3) is 556. The Morgan fingerprint density at radius 3 is 0.526 bits per heavy atom. The first-order valence-electron chi connectivity index (χ1n) is 1.33. The zero-order valence-electron chi connectivity index (χ0n) is 9.69. The van der Waals surface area contributed by atoms with Gasteiger partial charge in [-0.2, -0.15) is 0 Å². The smallest absolute Gasteiger partial charge is 0.457 e. The Balaban J connectivity index is -0.00000000508. The summed E-state index contributed by atoms with van der Waals surface area (Å²) in [5.41, 5.74) is 0. The van der Waals surface area contributed by atoms with E-state index in [9.17, 15) is 0 Å². The van der Waals surface area contributed by atoms with Gasteiger partial charge in [-0.25, -0.2) is 0 Å². The maximum absolute atomic E-state index is 8.59. The molecule has 0 aromatic carbocycles. The minimum atomic E-state index is -5.75. The number of hydrogen-bond donors (Lipinski definition) is 0. The van der Waals surface area contributed by atoms with Crippen molar-refractivity contribution in [2.24, 2.45) is 0 Å². The summed E-state index contributed by atoms with van der Waals surface area (Å²) in [5.74, 6) is 0. The van der Waals surface area contributed by atoms with Crippen LogP contribution in [0.5, 0.6) is 0 Å². The van der Waals surface area contributed by atoms with Crippen LogP contribution in [0.1, 0.15) is 0 Å². The van der Waals surface area contributed by atoms with E-state index in [1.54, 1.807) is 0 Å². The summed E-state index contributed by atoms with van der Waals surface area (Å²) in [4.78, 5) is 0. The van der Waals surface area contributed by atoms with Crippen molar-refractivity contribution in [2.75, 3.05) is 0 Å². The Labute approximate surface area is 219 Å². The zero-order valence-corrected chi connectivity index (χ0v) is 23.9. The Kier molecular flexibility index (Phi) is 154. The van der Waals surface area contributed by atoms with Crippen molar-refractivity contribution in [3.05, 3.63) is 0 Å². The summed E-state index contributed by atoms with van der Waals surface area (Å²) in [6, 6.07) is 0. The summed E-state index contributed by atoms with van der Waals surface area (Å²) in [5, 5.41) is 0. The fraction of sp³-hybridized carbons (Fsp3) is 0. The standard InChI is InChI=1S/Cu.2H2O4Se.6H2O.2Rb/c;2*1-5(2,3)4;;;;;;;;/h;2*(H2,1,2,3,4);6*1H2;;/q+2;;;;;;;;;2*+1. The second kappa shape index (κ2) is 37.9.